The topological polar surface area (TPSA) is 89.4 Å². The van der Waals surface area contributed by atoms with Crippen LogP contribution in [0.15, 0.2) is 48.5 Å². The van der Waals surface area contributed by atoms with Gasteiger partial charge in [0, 0.05) is 11.6 Å². The van der Waals surface area contributed by atoms with Crippen LogP contribution in [0.4, 0.5) is 0 Å². The van der Waals surface area contributed by atoms with Crippen LogP contribution in [0.5, 0.6) is 5.75 Å². The molecule has 1 saturated carbocycles. The first-order valence-electron chi connectivity index (χ1n) is 10.8. The number of amides is 2. The van der Waals surface area contributed by atoms with E-state index in [0.29, 0.717) is 5.75 Å². The average Bonchev–Trinajstić information content (AvgIpc) is 3.51. The van der Waals surface area contributed by atoms with Gasteiger partial charge in [-0.3, -0.25) is 9.59 Å². The van der Waals surface area contributed by atoms with Crippen molar-refractivity contribution in [3.63, 3.8) is 0 Å². The molecule has 2 aromatic carbocycles. The third-order valence-corrected chi connectivity index (χ3v) is 5.37. The Labute approximate surface area is 187 Å². The monoisotopic (exact) mass is 435 g/mol. The van der Waals surface area contributed by atoms with E-state index in [1.165, 1.54) is 0 Å². The second kappa shape index (κ2) is 8.61. The lowest BCUT2D eigenvalue weighted by Gasteiger charge is -2.34. The summed E-state index contributed by atoms with van der Waals surface area (Å²) in [6.45, 7) is 5.80. The average molecular weight is 436 g/mol. The van der Waals surface area contributed by atoms with E-state index >= 15 is 0 Å². The fourth-order valence-electron chi connectivity index (χ4n) is 3.84. The number of fused-ring (bicyclic) bond motifs is 1. The lowest BCUT2D eigenvalue weighted by atomic mass is 10.0. The number of aromatic nitrogens is 3. The van der Waals surface area contributed by atoms with Gasteiger partial charge in [0.15, 0.2) is 0 Å². The van der Waals surface area contributed by atoms with Crippen molar-refractivity contribution in [1.29, 1.82) is 0 Å². The molecular weight excluding hydrogens is 406 g/mol. The van der Waals surface area contributed by atoms with Crippen LogP contribution in [0.2, 0.25) is 0 Å². The molecule has 1 fully saturated rings. The van der Waals surface area contributed by atoms with Gasteiger partial charge in [-0.15, -0.1) is 5.10 Å². The molecule has 0 radical (unpaired) electrons. The fourth-order valence-corrected chi connectivity index (χ4v) is 3.84. The van der Waals surface area contributed by atoms with Crippen LogP contribution in [0, 0.1) is 0 Å². The van der Waals surface area contributed by atoms with Crippen molar-refractivity contribution in [2.75, 3.05) is 7.11 Å². The van der Waals surface area contributed by atoms with Gasteiger partial charge in [0.05, 0.1) is 12.6 Å². The molecule has 8 nitrogen and oxygen atoms in total. The van der Waals surface area contributed by atoms with Gasteiger partial charge in [-0.05, 0) is 63.4 Å². The largest absolute Gasteiger partial charge is 0.497 e. The Bertz CT molecular complexity index is 1130. The minimum absolute atomic E-state index is 0.0132. The molecule has 4 rings (SSSR count). The van der Waals surface area contributed by atoms with E-state index in [0.717, 1.165) is 29.4 Å². The smallest absolute Gasteiger partial charge is 0.247 e. The molecule has 0 saturated heterocycles. The lowest BCUT2D eigenvalue weighted by Crippen LogP contribution is -2.50. The Hall–Kier alpha value is -3.42. The second-order valence-corrected chi connectivity index (χ2v) is 9.19. The van der Waals surface area contributed by atoms with Gasteiger partial charge in [0.1, 0.15) is 23.9 Å². The first kappa shape index (κ1) is 21.8. The van der Waals surface area contributed by atoms with Crippen molar-refractivity contribution in [3.8, 4) is 5.75 Å². The first-order valence-corrected chi connectivity index (χ1v) is 10.8. The first-order chi connectivity index (χ1) is 15.3. The van der Waals surface area contributed by atoms with Crippen molar-refractivity contribution in [3.05, 3.63) is 54.1 Å². The number of carbonyl (C=O) groups excluding carboxylic acids is 2. The summed E-state index contributed by atoms with van der Waals surface area (Å²) in [4.78, 5) is 28.8. The Morgan fingerprint density at radius 2 is 1.94 bits per heavy atom. The Morgan fingerprint density at radius 3 is 2.62 bits per heavy atom. The third-order valence-electron chi connectivity index (χ3n) is 5.37. The van der Waals surface area contributed by atoms with Gasteiger partial charge in [0.2, 0.25) is 11.8 Å². The number of nitrogens with one attached hydrogen (secondary N) is 1. The number of hydrogen-bond acceptors (Lipinski definition) is 5. The van der Waals surface area contributed by atoms with Gasteiger partial charge in [-0.1, -0.05) is 29.5 Å². The van der Waals surface area contributed by atoms with Crippen molar-refractivity contribution in [2.45, 2.75) is 57.8 Å². The van der Waals surface area contributed by atoms with E-state index in [9.17, 15) is 9.59 Å². The Kier molecular flexibility index (Phi) is 5.86. The zero-order valence-corrected chi connectivity index (χ0v) is 18.9. The van der Waals surface area contributed by atoms with E-state index in [4.69, 9.17) is 4.74 Å². The van der Waals surface area contributed by atoms with Gasteiger partial charge >= 0.3 is 0 Å². The third kappa shape index (κ3) is 4.74. The van der Waals surface area contributed by atoms with Crippen LogP contribution < -0.4 is 10.1 Å². The summed E-state index contributed by atoms with van der Waals surface area (Å²) in [6, 6.07) is 14.1. The molecule has 1 unspecified atom stereocenters. The number of carbonyl (C=O) groups is 2. The molecule has 3 aromatic rings. The fraction of sp³-hybridized carbons (Fsp3) is 0.417. The molecule has 2 amide bonds. The summed E-state index contributed by atoms with van der Waals surface area (Å²) >= 11 is 0. The van der Waals surface area contributed by atoms with Crippen LogP contribution in [-0.2, 0) is 16.1 Å². The minimum Gasteiger partial charge on any atom is -0.497 e. The molecule has 1 aliphatic carbocycles. The van der Waals surface area contributed by atoms with Gasteiger partial charge in [0.25, 0.3) is 0 Å². The van der Waals surface area contributed by atoms with E-state index < -0.39 is 11.6 Å². The lowest BCUT2D eigenvalue weighted by molar-refractivity contribution is -0.142. The molecule has 168 valence electrons. The molecular formula is C24H29N5O3. The predicted octanol–water partition coefficient (Wildman–Crippen LogP) is 3.09. The highest BCUT2D eigenvalue weighted by Gasteiger charge is 2.42. The molecule has 1 aliphatic rings. The quantitative estimate of drug-likeness (QED) is 0.616. The molecule has 0 bridgehead atoms. The molecule has 0 spiro atoms. The highest BCUT2D eigenvalue weighted by Crippen LogP contribution is 2.36. The molecule has 32 heavy (non-hydrogen) atoms. The second-order valence-electron chi connectivity index (χ2n) is 9.19. The summed E-state index contributed by atoms with van der Waals surface area (Å²) in [6.07, 6.45) is 1.74. The minimum atomic E-state index is -0.765. The van der Waals surface area contributed by atoms with Crippen molar-refractivity contribution < 1.29 is 14.3 Å². The summed E-state index contributed by atoms with van der Waals surface area (Å²) in [7, 11) is 1.59. The summed E-state index contributed by atoms with van der Waals surface area (Å²) < 4.78 is 6.97. The van der Waals surface area contributed by atoms with Gasteiger partial charge < -0.3 is 15.0 Å². The number of methoxy groups -OCH3 is 1. The SMILES string of the molecule is COc1cccc(C(C(=O)NC(C)(C)C)N(C(=O)Cn2nnc3ccccc32)C2CC2)c1. The number of ether oxygens (including phenoxy) is 1. The van der Waals surface area contributed by atoms with Gasteiger partial charge in [-0.25, -0.2) is 4.68 Å². The van der Waals surface area contributed by atoms with Crippen LogP contribution in [-0.4, -0.2) is 50.4 Å². The maximum absolute atomic E-state index is 13.6. The molecule has 1 heterocycles. The van der Waals surface area contributed by atoms with Crippen molar-refractivity contribution in [1.82, 2.24) is 25.2 Å². The van der Waals surface area contributed by atoms with Crippen LogP contribution in [0.3, 0.4) is 0 Å². The summed E-state index contributed by atoms with van der Waals surface area (Å²) in [5, 5.41) is 11.4. The van der Waals surface area contributed by atoms with E-state index in [1.807, 2.05) is 69.3 Å². The van der Waals surface area contributed by atoms with E-state index in [1.54, 1.807) is 16.7 Å². The normalized spacial score (nSPS) is 14.8. The number of para-hydroxylation sites is 1. The van der Waals surface area contributed by atoms with Crippen LogP contribution in [0.1, 0.15) is 45.2 Å². The molecule has 8 heteroatoms. The zero-order valence-electron chi connectivity index (χ0n) is 18.9. The standard InChI is InChI=1S/C24H29N5O3/c1-24(2,3)25-23(31)22(16-8-7-9-18(14-16)32-4)29(17-12-13-17)21(30)15-28-20-11-6-5-10-19(20)26-27-28/h5-11,14,17,22H,12-13,15H2,1-4H3,(H,25,31). The number of benzene rings is 2. The van der Waals surface area contributed by atoms with Crippen molar-refractivity contribution in [2.24, 2.45) is 0 Å². The van der Waals surface area contributed by atoms with Gasteiger partial charge in [-0.2, -0.15) is 0 Å². The van der Waals surface area contributed by atoms with Crippen LogP contribution in [0.25, 0.3) is 11.0 Å². The molecule has 0 aliphatic heterocycles. The maximum Gasteiger partial charge on any atom is 0.247 e. The molecule has 1 atom stereocenters. The van der Waals surface area contributed by atoms with Crippen LogP contribution >= 0.6 is 0 Å². The highest BCUT2D eigenvalue weighted by atomic mass is 16.5. The Morgan fingerprint density at radius 1 is 1.19 bits per heavy atom. The zero-order chi connectivity index (χ0) is 22.9. The predicted molar refractivity (Wildman–Crippen MR) is 121 cm³/mol. The maximum atomic E-state index is 13.6. The number of hydrogen-bond donors (Lipinski definition) is 1. The van der Waals surface area contributed by atoms with E-state index in [-0.39, 0.29) is 24.4 Å². The molecule has 1 aromatic heterocycles. The number of rotatable bonds is 7. The van der Waals surface area contributed by atoms with E-state index in [2.05, 4.69) is 15.6 Å². The molecule has 1 N–H and O–H groups in total. The Balaban J connectivity index is 1.70. The summed E-state index contributed by atoms with van der Waals surface area (Å²) in [5.41, 5.74) is 1.80. The van der Waals surface area contributed by atoms with Crippen molar-refractivity contribution >= 4 is 22.8 Å². The highest BCUT2D eigenvalue weighted by molar-refractivity contribution is 5.90. The summed E-state index contributed by atoms with van der Waals surface area (Å²) in [5.74, 6) is 0.260. The number of nitrogens with zero attached hydrogens (tertiary/aromatic N) is 4.